The first kappa shape index (κ1) is 26.8. The molecule has 0 amide bonds. The summed E-state index contributed by atoms with van der Waals surface area (Å²) in [5, 5.41) is 0. The Hall–Kier alpha value is 0.540. The molecule has 0 unspecified atom stereocenters. The van der Waals surface area contributed by atoms with Crippen LogP contribution in [0.5, 0.6) is 0 Å². The van der Waals surface area contributed by atoms with Gasteiger partial charge in [-0.1, -0.05) is 46.5 Å². The van der Waals surface area contributed by atoms with Crippen LogP contribution in [-0.2, 0) is 20.9 Å². The zero-order valence-electron chi connectivity index (χ0n) is 17.5. The van der Waals surface area contributed by atoms with Crippen molar-refractivity contribution in [2.45, 2.75) is 111 Å². The first-order valence-electron chi connectivity index (χ1n) is 10.1. The van der Waals surface area contributed by atoms with E-state index in [1.54, 1.807) is 0 Å². The SMILES string of the molecule is CC1CC[CH-]CC1.CC1CC[CH-]CC1.CCC(C)(C)[N]=[Ta].[CH2-]CC. The van der Waals surface area contributed by atoms with Gasteiger partial charge in [0.1, 0.15) is 0 Å². The Morgan fingerprint density at radius 1 is 0.917 bits per heavy atom. The third kappa shape index (κ3) is 20.6. The van der Waals surface area contributed by atoms with E-state index in [1.807, 2.05) is 6.92 Å². The predicted molar refractivity (Wildman–Crippen MR) is 106 cm³/mol. The van der Waals surface area contributed by atoms with Crippen molar-refractivity contribution in [1.29, 1.82) is 0 Å². The fourth-order valence-electron chi connectivity index (χ4n) is 2.26. The first-order chi connectivity index (χ1) is 11.3. The summed E-state index contributed by atoms with van der Waals surface area (Å²) < 4.78 is 4.25. The topological polar surface area (TPSA) is 12.4 Å². The van der Waals surface area contributed by atoms with E-state index >= 15 is 0 Å². The molecule has 0 aromatic rings. The molecule has 2 aliphatic carbocycles. The fourth-order valence-corrected chi connectivity index (χ4v) is 2.77. The van der Waals surface area contributed by atoms with Crippen LogP contribution in [0.2, 0.25) is 0 Å². The van der Waals surface area contributed by atoms with Crippen molar-refractivity contribution in [1.82, 2.24) is 0 Å². The van der Waals surface area contributed by atoms with Crippen molar-refractivity contribution in [3.05, 3.63) is 19.8 Å². The van der Waals surface area contributed by atoms with E-state index in [0.29, 0.717) is 0 Å². The molecule has 145 valence electrons. The largest absolute Gasteiger partial charge is 0.344 e. The molecule has 0 bridgehead atoms. The van der Waals surface area contributed by atoms with E-state index in [9.17, 15) is 0 Å². The van der Waals surface area contributed by atoms with Crippen LogP contribution in [0.3, 0.4) is 0 Å². The fraction of sp³-hybridized carbons (Fsp3) is 0.864. The van der Waals surface area contributed by atoms with Crippen LogP contribution in [0, 0.1) is 31.6 Å². The molecule has 0 atom stereocenters. The van der Waals surface area contributed by atoms with Gasteiger partial charge in [0, 0.05) is 0 Å². The predicted octanol–water partition coefficient (Wildman–Crippen LogP) is 7.94. The van der Waals surface area contributed by atoms with Gasteiger partial charge >= 0.3 is 57.0 Å². The second-order valence-corrected chi connectivity index (χ2v) is 8.58. The Morgan fingerprint density at radius 2 is 1.21 bits per heavy atom. The molecule has 0 aliphatic heterocycles. The van der Waals surface area contributed by atoms with Crippen LogP contribution in [0.15, 0.2) is 3.34 Å². The second kappa shape index (κ2) is 18.3. The monoisotopic (exact) mass is 503 g/mol. The molecule has 2 rings (SSSR count). The third-order valence-corrected chi connectivity index (χ3v) is 6.54. The maximum atomic E-state index is 4.25. The number of hydrogen-bond donors (Lipinski definition) is 0. The van der Waals surface area contributed by atoms with Gasteiger partial charge in [0.15, 0.2) is 0 Å². The van der Waals surface area contributed by atoms with Gasteiger partial charge in [-0.05, 0) is 11.8 Å². The van der Waals surface area contributed by atoms with Gasteiger partial charge in [-0.2, -0.15) is 32.1 Å². The number of hydrogen-bond acceptors (Lipinski definition) is 1. The number of rotatable bonds is 2. The van der Waals surface area contributed by atoms with E-state index in [2.05, 4.69) is 57.7 Å². The summed E-state index contributed by atoms with van der Waals surface area (Å²) in [6, 6.07) is 0. The minimum absolute atomic E-state index is 0.258. The van der Waals surface area contributed by atoms with Crippen molar-refractivity contribution in [2.24, 2.45) is 15.2 Å². The van der Waals surface area contributed by atoms with Crippen molar-refractivity contribution < 1.29 is 20.9 Å². The van der Waals surface area contributed by atoms with Gasteiger partial charge in [0.25, 0.3) is 0 Å². The van der Waals surface area contributed by atoms with Crippen molar-refractivity contribution in [3.8, 4) is 0 Å². The van der Waals surface area contributed by atoms with E-state index in [0.717, 1.165) is 45.6 Å². The molecule has 0 radical (unpaired) electrons. The zero-order chi connectivity index (χ0) is 18.8. The Morgan fingerprint density at radius 3 is 1.29 bits per heavy atom. The molecule has 24 heavy (non-hydrogen) atoms. The van der Waals surface area contributed by atoms with Crippen LogP contribution in [0.4, 0.5) is 0 Å². The Bertz CT molecular complexity index is 235. The van der Waals surface area contributed by atoms with Crippen molar-refractivity contribution in [3.63, 3.8) is 0 Å². The van der Waals surface area contributed by atoms with E-state index < -0.39 is 0 Å². The normalized spacial score (nSPS) is 18.8. The maximum Gasteiger partial charge on any atom is -0.0927 e. The molecule has 2 heteroatoms. The molecule has 2 saturated carbocycles. The average molecular weight is 504 g/mol. The maximum absolute atomic E-state index is 4.25. The van der Waals surface area contributed by atoms with E-state index in [1.165, 1.54) is 51.4 Å². The van der Waals surface area contributed by atoms with Crippen LogP contribution in [0.25, 0.3) is 0 Å². The summed E-state index contributed by atoms with van der Waals surface area (Å²) in [4.78, 5) is 0. The van der Waals surface area contributed by atoms with Gasteiger partial charge < -0.3 is 19.8 Å². The van der Waals surface area contributed by atoms with Crippen molar-refractivity contribution >= 4 is 0 Å². The second-order valence-electron chi connectivity index (χ2n) is 7.86. The van der Waals surface area contributed by atoms with Gasteiger partial charge in [-0.25, -0.2) is 0 Å². The van der Waals surface area contributed by atoms with E-state index in [4.69, 9.17) is 0 Å². The molecular weight excluding hydrogens is 459 g/mol. The third-order valence-electron chi connectivity index (χ3n) is 4.59. The van der Waals surface area contributed by atoms with Gasteiger partial charge in [0.05, 0.1) is 0 Å². The summed E-state index contributed by atoms with van der Waals surface area (Å²) in [7, 11) is 0. The molecule has 2 fully saturated rings. The zero-order valence-corrected chi connectivity index (χ0v) is 20.7. The molecule has 0 spiro atoms. The first-order valence-corrected chi connectivity index (χ1v) is 11.5. The summed E-state index contributed by atoms with van der Waals surface area (Å²) >= 11 is 1.16. The Kier molecular flexibility index (Phi) is 20.4. The van der Waals surface area contributed by atoms with Crippen LogP contribution in [0.1, 0.15) is 106 Å². The van der Waals surface area contributed by atoms with Crippen LogP contribution >= 0.6 is 0 Å². The molecule has 1 nitrogen and oxygen atoms in total. The van der Waals surface area contributed by atoms with Gasteiger partial charge in [-0.3, -0.25) is 0 Å². The quantitative estimate of drug-likeness (QED) is 0.339. The Labute approximate surface area is 166 Å². The molecular formula is C22H44NTa-3. The standard InChI is InChI=1S/2C7H13.C5H11N.C3H7.Ta/c2*1-7-5-3-2-4-6-7;1-4-5(2,3)6;1-3-2;/h2*2,7H,3-6H2,1H3;4H2,1-3H3;1,3H2,2H3;/q2*-1;;-1;. The summed E-state index contributed by atoms with van der Waals surface area (Å²) in [6.07, 6.45) is 18.1. The van der Waals surface area contributed by atoms with Gasteiger partial charge in [0.2, 0.25) is 0 Å². The Balaban J connectivity index is 0. The summed E-state index contributed by atoms with van der Waals surface area (Å²) in [5.74, 6) is 2.01. The summed E-state index contributed by atoms with van der Waals surface area (Å²) in [5.41, 5.74) is 0.258. The van der Waals surface area contributed by atoms with Gasteiger partial charge in [-0.15, -0.1) is 0 Å². The molecule has 0 heterocycles. The number of nitrogens with zero attached hydrogens (tertiary/aromatic N) is 1. The smallest absolute Gasteiger partial charge is 0.0927 e. The molecule has 0 N–H and O–H groups in total. The molecule has 0 aromatic carbocycles. The molecule has 0 saturated heterocycles. The van der Waals surface area contributed by atoms with Crippen molar-refractivity contribution in [2.75, 3.05) is 0 Å². The summed E-state index contributed by atoms with van der Waals surface area (Å²) in [6.45, 7) is 16.7. The minimum atomic E-state index is 0.258. The minimum Gasteiger partial charge on any atom is -0.344 e. The molecule has 2 aliphatic rings. The van der Waals surface area contributed by atoms with E-state index in [-0.39, 0.29) is 5.54 Å². The van der Waals surface area contributed by atoms with Crippen LogP contribution < -0.4 is 0 Å². The molecule has 0 aromatic heterocycles. The van der Waals surface area contributed by atoms with Crippen LogP contribution in [-0.4, -0.2) is 5.54 Å². The average Bonchev–Trinajstić information content (AvgIpc) is 2.58.